The molecular formula is C23H29N3OS+2. The zero-order valence-corrected chi connectivity index (χ0v) is 17.3. The molecular weight excluding hydrogens is 366 g/mol. The fraction of sp³-hybridized carbons (Fsp3) is 0.348. The minimum absolute atomic E-state index is 0.265. The van der Waals surface area contributed by atoms with Gasteiger partial charge in [-0.3, -0.25) is 4.79 Å². The first-order chi connectivity index (χ1) is 13.7. The van der Waals surface area contributed by atoms with Crippen molar-refractivity contribution < 1.29 is 15.0 Å². The number of benzene rings is 2. The molecule has 1 atom stereocenters. The molecule has 5 heteroatoms. The van der Waals surface area contributed by atoms with E-state index in [4.69, 9.17) is 0 Å². The predicted molar refractivity (Wildman–Crippen MR) is 114 cm³/mol. The van der Waals surface area contributed by atoms with Gasteiger partial charge in [0.2, 0.25) is 0 Å². The van der Waals surface area contributed by atoms with Crippen LogP contribution in [0.4, 0.5) is 0 Å². The van der Waals surface area contributed by atoms with E-state index >= 15 is 0 Å². The van der Waals surface area contributed by atoms with E-state index in [1.807, 2.05) is 16.2 Å². The number of rotatable bonds is 6. The third-order valence-corrected chi connectivity index (χ3v) is 6.66. The lowest BCUT2D eigenvalue weighted by molar-refractivity contribution is -0.917. The number of nitrogens with two attached hydrogens (primary N) is 1. The summed E-state index contributed by atoms with van der Waals surface area (Å²) >= 11 is 1.83. The summed E-state index contributed by atoms with van der Waals surface area (Å²) in [7, 11) is 0. The normalized spacial score (nSPS) is 16.4. The summed E-state index contributed by atoms with van der Waals surface area (Å²) < 4.78 is 0. The van der Waals surface area contributed by atoms with Gasteiger partial charge in [-0.25, -0.2) is 0 Å². The summed E-state index contributed by atoms with van der Waals surface area (Å²) in [5, 5.41) is 6.86. The van der Waals surface area contributed by atoms with Gasteiger partial charge in [-0.2, -0.15) is 0 Å². The number of hydrogen-bond acceptors (Lipinski definition) is 2. The zero-order valence-electron chi connectivity index (χ0n) is 16.4. The first-order valence-corrected chi connectivity index (χ1v) is 11.0. The SMILES string of the molecule is C[C@@H]([NH2+]CC(=O)N1CC[NH+](Cc2cccs2)CC1)c1cccc2ccccc12. The Hall–Kier alpha value is -2.21. The standard InChI is InChI=1S/C23H27N3OS/c1-18(21-10-4-7-19-6-2-3-9-22(19)21)24-16-23(27)26-13-11-25(12-14-26)17-20-8-5-15-28-20/h2-10,15,18,24H,11-14,16-17H2,1H3/p+2/t18-/m1/s1. The predicted octanol–water partition coefficient (Wildman–Crippen LogP) is 1.45. The number of amides is 1. The monoisotopic (exact) mass is 395 g/mol. The molecule has 146 valence electrons. The minimum atomic E-state index is 0.265. The lowest BCUT2D eigenvalue weighted by Gasteiger charge is -2.31. The number of quaternary nitrogens is 2. The molecule has 0 radical (unpaired) electrons. The third-order valence-electron chi connectivity index (χ3n) is 5.79. The lowest BCUT2D eigenvalue weighted by Crippen LogP contribution is -3.13. The number of nitrogens with zero attached hydrogens (tertiary/aromatic N) is 1. The van der Waals surface area contributed by atoms with Gasteiger partial charge in [0.05, 0.1) is 31.1 Å². The summed E-state index contributed by atoms with van der Waals surface area (Å²) in [6.45, 7) is 7.63. The van der Waals surface area contributed by atoms with Crippen molar-refractivity contribution in [2.75, 3.05) is 32.7 Å². The quantitative estimate of drug-likeness (QED) is 0.652. The Morgan fingerprint density at radius 1 is 1.11 bits per heavy atom. The Kier molecular flexibility index (Phi) is 6.05. The summed E-state index contributed by atoms with van der Waals surface area (Å²) in [4.78, 5) is 17.8. The van der Waals surface area contributed by atoms with Crippen molar-refractivity contribution in [1.29, 1.82) is 0 Å². The van der Waals surface area contributed by atoms with E-state index in [-0.39, 0.29) is 11.9 Å². The Morgan fingerprint density at radius 3 is 2.68 bits per heavy atom. The molecule has 0 unspecified atom stereocenters. The van der Waals surface area contributed by atoms with E-state index in [1.165, 1.54) is 21.2 Å². The molecule has 1 amide bonds. The molecule has 4 rings (SSSR count). The van der Waals surface area contributed by atoms with Crippen LogP contribution in [0.2, 0.25) is 0 Å². The molecule has 28 heavy (non-hydrogen) atoms. The zero-order chi connectivity index (χ0) is 19.3. The van der Waals surface area contributed by atoms with Crippen molar-refractivity contribution in [2.24, 2.45) is 0 Å². The largest absolute Gasteiger partial charge is 0.332 e. The maximum absolute atomic E-state index is 12.7. The average Bonchev–Trinajstić information content (AvgIpc) is 3.25. The molecule has 1 fully saturated rings. The van der Waals surface area contributed by atoms with Crippen LogP contribution in [-0.2, 0) is 11.3 Å². The second-order valence-electron chi connectivity index (χ2n) is 7.68. The van der Waals surface area contributed by atoms with Gasteiger partial charge in [0.15, 0.2) is 6.54 Å². The smallest absolute Gasteiger partial charge is 0.278 e. The first kappa shape index (κ1) is 19.1. The van der Waals surface area contributed by atoms with E-state index < -0.39 is 0 Å². The fourth-order valence-electron chi connectivity index (χ4n) is 4.09. The Bertz CT molecular complexity index is 911. The van der Waals surface area contributed by atoms with Gasteiger partial charge in [0, 0.05) is 5.56 Å². The fourth-order valence-corrected chi connectivity index (χ4v) is 4.87. The molecule has 2 aromatic carbocycles. The van der Waals surface area contributed by atoms with Gasteiger partial charge >= 0.3 is 0 Å². The first-order valence-electron chi connectivity index (χ1n) is 10.2. The number of nitrogens with one attached hydrogen (secondary N) is 1. The highest BCUT2D eigenvalue weighted by Crippen LogP contribution is 2.22. The van der Waals surface area contributed by atoms with E-state index in [0.717, 1.165) is 32.7 Å². The Labute approximate surface area is 170 Å². The maximum Gasteiger partial charge on any atom is 0.278 e. The number of piperazine rings is 1. The maximum atomic E-state index is 12.7. The average molecular weight is 396 g/mol. The molecule has 1 aliphatic heterocycles. The number of fused-ring (bicyclic) bond motifs is 1. The lowest BCUT2D eigenvalue weighted by atomic mass is 10.00. The number of hydrogen-bond donors (Lipinski definition) is 2. The summed E-state index contributed by atoms with van der Waals surface area (Å²) in [6, 6.07) is 19.5. The van der Waals surface area contributed by atoms with Gasteiger partial charge < -0.3 is 15.1 Å². The topological polar surface area (TPSA) is 41.4 Å². The van der Waals surface area contributed by atoms with E-state index in [0.29, 0.717) is 6.54 Å². The second-order valence-corrected chi connectivity index (χ2v) is 8.72. The molecule has 0 spiro atoms. The van der Waals surface area contributed by atoms with Gasteiger partial charge in [0.1, 0.15) is 12.6 Å². The van der Waals surface area contributed by atoms with Crippen LogP contribution in [-0.4, -0.2) is 43.5 Å². The van der Waals surface area contributed by atoms with Crippen molar-refractivity contribution in [1.82, 2.24) is 4.90 Å². The molecule has 1 aliphatic rings. The molecule has 1 aromatic heterocycles. The van der Waals surface area contributed by atoms with Crippen molar-refractivity contribution in [3.05, 3.63) is 70.4 Å². The van der Waals surface area contributed by atoms with E-state index in [2.05, 4.69) is 72.2 Å². The highest BCUT2D eigenvalue weighted by Gasteiger charge is 2.25. The van der Waals surface area contributed by atoms with Crippen molar-refractivity contribution in [3.63, 3.8) is 0 Å². The van der Waals surface area contributed by atoms with Gasteiger partial charge in [-0.05, 0) is 29.1 Å². The van der Waals surface area contributed by atoms with Crippen LogP contribution in [0.1, 0.15) is 23.4 Å². The van der Waals surface area contributed by atoms with Crippen molar-refractivity contribution in [2.45, 2.75) is 19.5 Å². The van der Waals surface area contributed by atoms with Crippen LogP contribution in [0.5, 0.6) is 0 Å². The Balaban J connectivity index is 1.28. The third kappa shape index (κ3) is 4.43. The van der Waals surface area contributed by atoms with E-state index in [1.54, 1.807) is 4.90 Å². The summed E-state index contributed by atoms with van der Waals surface area (Å²) in [6.07, 6.45) is 0. The minimum Gasteiger partial charge on any atom is -0.332 e. The Morgan fingerprint density at radius 2 is 1.89 bits per heavy atom. The molecule has 0 aliphatic carbocycles. The summed E-state index contributed by atoms with van der Waals surface area (Å²) in [5.74, 6) is 0.266. The molecule has 2 heterocycles. The number of carbonyl (C=O) groups excluding carboxylic acids is 1. The van der Waals surface area contributed by atoms with Crippen LogP contribution < -0.4 is 10.2 Å². The highest BCUT2D eigenvalue weighted by atomic mass is 32.1. The molecule has 0 bridgehead atoms. The van der Waals surface area contributed by atoms with Gasteiger partial charge in [-0.15, -0.1) is 11.3 Å². The van der Waals surface area contributed by atoms with E-state index in [9.17, 15) is 4.79 Å². The highest BCUT2D eigenvalue weighted by molar-refractivity contribution is 7.09. The molecule has 0 saturated carbocycles. The molecule has 3 N–H and O–H groups in total. The molecule has 3 aromatic rings. The van der Waals surface area contributed by atoms with Crippen molar-refractivity contribution in [3.8, 4) is 0 Å². The van der Waals surface area contributed by atoms with Crippen molar-refractivity contribution >= 4 is 28.0 Å². The number of thiophene rings is 1. The number of carbonyl (C=O) groups is 1. The van der Waals surface area contributed by atoms with Crippen LogP contribution in [0.3, 0.4) is 0 Å². The molecule has 4 nitrogen and oxygen atoms in total. The van der Waals surface area contributed by atoms with Crippen LogP contribution in [0.15, 0.2) is 60.0 Å². The second kappa shape index (κ2) is 8.86. The van der Waals surface area contributed by atoms with Gasteiger partial charge in [-0.1, -0.05) is 48.5 Å². The summed E-state index contributed by atoms with van der Waals surface area (Å²) in [5.41, 5.74) is 1.30. The van der Waals surface area contributed by atoms with Gasteiger partial charge in [0.25, 0.3) is 5.91 Å². The van der Waals surface area contributed by atoms with Crippen LogP contribution in [0, 0.1) is 0 Å². The van der Waals surface area contributed by atoms with Crippen LogP contribution in [0.25, 0.3) is 10.8 Å². The molecule has 1 saturated heterocycles. The van der Waals surface area contributed by atoms with Crippen LogP contribution >= 0.6 is 11.3 Å².